The summed E-state index contributed by atoms with van der Waals surface area (Å²) in [5.41, 5.74) is 12.5. The maximum Gasteiger partial charge on any atom is 0.310 e. The average Bonchev–Trinajstić information content (AvgIpc) is 3.65. The Bertz CT molecular complexity index is 2110. The lowest BCUT2D eigenvalue weighted by Crippen LogP contribution is -2.18. The summed E-state index contributed by atoms with van der Waals surface area (Å²) in [6.07, 6.45) is 0. The molecule has 0 saturated heterocycles. The van der Waals surface area contributed by atoms with Crippen LogP contribution >= 0.6 is 22.7 Å². The zero-order chi connectivity index (χ0) is 34.1. The number of nitrogen functional groups attached to an aromatic ring is 1. The summed E-state index contributed by atoms with van der Waals surface area (Å²) in [4.78, 5) is 31.5. The maximum absolute atomic E-state index is 12.4. The molecule has 236 valence electrons. The first-order chi connectivity index (χ1) is 22.5. The first kappa shape index (κ1) is 34.3. The second-order valence-corrected chi connectivity index (χ2v) is 12.8. The van der Waals surface area contributed by atoms with Gasteiger partial charge < -0.3 is 16.2 Å². The van der Waals surface area contributed by atoms with Crippen molar-refractivity contribution in [2.24, 2.45) is 0 Å². The van der Waals surface area contributed by atoms with Gasteiger partial charge in [0.15, 0.2) is 10.3 Å². The number of benzene rings is 4. The number of carbonyl (C=O) groups is 2. The molecular weight excluding hydrogens is 629 g/mol. The number of rotatable bonds is 5. The van der Waals surface area contributed by atoms with Gasteiger partial charge >= 0.3 is 5.97 Å². The molecule has 4 N–H and O–H groups in total. The van der Waals surface area contributed by atoms with Gasteiger partial charge in [-0.3, -0.25) is 9.59 Å². The summed E-state index contributed by atoms with van der Waals surface area (Å²) in [5, 5.41) is 30.2. The second kappa shape index (κ2) is 15.6. The molecule has 0 radical (unpaired) electrons. The number of carbonyl (C=O) groups excluding carboxylic acids is 1. The fraction of sp³-hybridized carbons (Fsp3) is 0.167. The number of thiazole rings is 2. The molecule has 4 aromatic carbocycles. The van der Waals surface area contributed by atoms with Crippen molar-refractivity contribution in [2.45, 2.75) is 39.5 Å². The Hall–Kier alpha value is -5.62. The number of hydrogen-bond donors (Lipinski definition) is 3. The maximum atomic E-state index is 12.4. The number of carboxylic acid groups (broad SMARTS) is 1. The van der Waals surface area contributed by atoms with Crippen LogP contribution in [0.2, 0.25) is 0 Å². The van der Waals surface area contributed by atoms with E-state index in [9.17, 15) is 9.59 Å². The molecule has 0 fully saturated rings. The van der Waals surface area contributed by atoms with E-state index in [1.165, 1.54) is 28.2 Å². The smallest absolute Gasteiger partial charge is 0.310 e. The van der Waals surface area contributed by atoms with E-state index in [4.69, 9.17) is 21.4 Å². The number of nitrogens with zero attached hydrogens (tertiary/aromatic N) is 4. The molecule has 6 aromatic rings. The standard InChI is InChI=1S/C18H15N3OS.C10H12O2.C8H5N3S/c1-11-3-6-14(7-4-11)12(2)17(22)21-18-20-15-8-5-13(10-19)9-16(15)23-18;1-7-3-5-9(6-4-7)8(2)10(11)12;9-4-5-1-2-6-7(3-5)12-8(10)11-6/h3-9,12H,1-2H3,(H,20,21,22);3-6,8H,1-2H3,(H,11,12);1-3H,(H2,10,11). The minimum Gasteiger partial charge on any atom is -0.481 e. The zero-order valence-corrected chi connectivity index (χ0v) is 27.8. The number of nitrogens with two attached hydrogens (primary N) is 1. The van der Waals surface area contributed by atoms with Crippen molar-refractivity contribution in [3.05, 3.63) is 118 Å². The first-order valence-electron chi connectivity index (χ1n) is 14.5. The Labute approximate surface area is 280 Å². The number of carboxylic acids is 1. The summed E-state index contributed by atoms with van der Waals surface area (Å²) < 4.78 is 1.86. The van der Waals surface area contributed by atoms with Crippen molar-refractivity contribution in [2.75, 3.05) is 11.1 Å². The zero-order valence-electron chi connectivity index (χ0n) is 26.2. The Morgan fingerprint density at radius 2 is 1.21 bits per heavy atom. The molecule has 0 aliphatic carbocycles. The molecule has 6 rings (SSSR count). The van der Waals surface area contributed by atoms with Crippen molar-refractivity contribution in [1.29, 1.82) is 10.5 Å². The van der Waals surface area contributed by atoms with Crippen LogP contribution in [0.25, 0.3) is 20.4 Å². The molecular formula is C36H32N6O3S2. The van der Waals surface area contributed by atoms with Gasteiger partial charge in [0.2, 0.25) is 5.91 Å². The summed E-state index contributed by atoms with van der Waals surface area (Å²) in [7, 11) is 0. The van der Waals surface area contributed by atoms with Gasteiger partial charge in [0.1, 0.15) is 0 Å². The fourth-order valence-electron chi connectivity index (χ4n) is 4.28. The van der Waals surface area contributed by atoms with E-state index in [0.717, 1.165) is 37.1 Å². The van der Waals surface area contributed by atoms with Crippen LogP contribution in [0.3, 0.4) is 0 Å². The number of nitriles is 2. The summed E-state index contributed by atoms with van der Waals surface area (Å²) in [6, 6.07) is 30.3. The lowest BCUT2D eigenvalue weighted by atomic mass is 9.99. The van der Waals surface area contributed by atoms with Crippen molar-refractivity contribution < 1.29 is 14.7 Å². The van der Waals surface area contributed by atoms with E-state index in [-0.39, 0.29) is 11.8 Å². The molecule has 11 heteroatoms. The van der Waals surface area contributed by atoms with Crippen molar-refractivity contribution in [1.82, 2.24) is 9.97 Å². The molecule has 47 heavy (non-hydrogen) atoms. The third-order valence-electron chi connectivity index (χ3n) is 7.20. The predicted molar refractivity (Wildman–Crippen MR) is 189 cm³/mol. The molecule has 2 atom stereocenters. The van der Waals surface area contributed by atoms with Crippen molar-refractivity contribution >= 4 is 65.2 Å². The molecule has 0 saturated carbocycles. The number of fused-ring (bicyclic) bond motifs is 2. The topological polar surface area (TPSA) is 166 Å². The quantitative estimate of drug-likeness (QED) is 0.167. The van der Waals surface area contributed by atoms with Gasteiger partial charge in [-0.25, -0.2) is 9.97 Å². The molecule has 0 bridgehead atoms. The summed E-state index contributed by atoms with van der Waals surface area (Å²) >= 11 is 2.77. The van der Waals surface area contributed by atoms with Gasteiger partial charge in [-0.15, -0.1) is 0 Å². The summed E-state index contributed by atoms with van der Waals surface area (Å²) in [6.45, 7) is 7.56. The van der Waals surface area contributed by atoms with Crippen LogP contribution < -0.4 is 11.1 Å². The second-order valence-electron chi connectivity index (χ2n) is 10.8. The average molecular weight is 661 g/mol. The molecule has 1 amide bonds. The van der Waals surface area contributed by atoms with E-state index < -0.39 is 11.9 Å². The van der Waals surface area contributed by atoms with Gasteiger partial charge in [-0.1, -0.05) is 82.3 Å². The van der Waals surface area contributed by atoms with Crippen LogP contribution in [-0.2, 0) is 9.59 Å². The minimum atomic E-state index is -0.779. The molecule has 2 heterocycles. The van der Waals surface area contributed by atoms with Gasteiger partial charge in [0.05, 0.1) is 55.5 Å². The number of aryl methyl sites for hydroxylation is 2. The van der Waals surface area contributed by atoms with Crippen LogP contribution in [-0.4, -0.2) is 27.0 Å². The minimum absolute atomic E-state index is 0.0894. The highest BCUT2D eigenvalue weighted by atomic mass is 32.1. The van der Waals surface area contributed by atoms with E-state index in [1.54, 1.807) is 43.3 Å². The van der Waals surface area contributed by atoms with Crippen molar-refractivity contribution in [3.63, 3.8) is 0 Å². The Morgan fingerprint density at radius 3 is 1.70 bits per heavy atom. The van der Waals surface area contributed by atoms with E-state index in [1.807, 2.05) is 69.3 Å². The normalized spacial score (nSPS) is 11.5. The lowest BCUT2D eigenvalue weighted by molar-refractivity contribution is -0.138. The van der Waals surface area contributed by atoms with Crippen molar-refractivity contribution in [3.8, 4) is 12.1 Å². The third-order valence-corrected chi connectivity index (χ3v) is 8.98. The number of aliphatic carboxylic acids is 1. The van der Waals surface area contributed by atoms with E-state index in [0.29, 0.717) is 21.4 Å². The number of aromatic nitrogens is 2. The van der Waals surface area contributed by atoms with Crippen LogP contribution in [0.5, 0.6) is 0 Å². The molecule has 0 spiro atoms. The number of amides is 1. The number of anilines is 2. The molecule has 0 aliphatic heterocycles. The van der Waals surface area contributed by atoms with Gasteiger partial charge in [0.25, 0.3) is 0 Å². The molecule has 2 unspecified atom stereocenters. The van der Waals surface area contributed by atoms with Gasteiger partial charge in [-0.05, 0) is 75.2 Å². The highest BCUT2D eigenvalue weighted by Crippen LogP contribution is 2.28. The van der Waals surface area contributed by atoms with Gasteiger partial charge in [0, 0.05) is 0 Å². The Morgan fingerprint density at radius 1 is 0.745 bits per heavy atom. The van der Waals surface area contributed by atoms with Crippen LogP contribution in [0, 0.1) is 36.5 Å². The fourth-order valence-corrected chi connectivity index (χ4v) is 5.96. The Balaban J connectivity index is 0.000000176. The highest BCUT2D eigenvalue weighted by molar-refractivity contribution is 7.22. The lowest BCUT2D eigenvalue weighted by Gasteiger charge is -2.11. The van der Waals surface area contributed by atoms with Crippen LogP contribution in [0.4, 0.5) is 10.3 Å². The third kappa shape index (κ3) is 9.21. The molecule has 2 aromatic heterocycles. The number of hydrogen-bond acceptors (Lipinski definition) is 9. The molecule has 0 aliphatic rings. The predicted octanol–water partition coefficient (Wildman–Crippen LogP) is 8.15. The first-order valence-corrected chi connectivity index (χ1v) is 16.1. The van der Waals surface area contributed by atoms with E-state index >= 15 is 0 Å². The van der Waals surface area contributed by atoms with Crippen LogP contribution in [0.1, 0.15) is 59.1 Å². The van der Waals surface area contributed by atoms with E-state index in [2.05, 4.69) is 27.4 Å². The monoisotopic (exact) mass is 660 g/mol. The number of nitrogens with one attached hydrogen (secondary N) is 1. The summed E-state index contributed by atoms with van der Waals surface area (Å²) in [5.74, 6) is -1.53. The Kier molecular flexibility index (Phi) is 11.4. The largest absolute Gasteiger partial charge is 0.481 e. The van der Waals surface area contributed by atoms with Crippen LogP contribution in [0.15, 0.2) is 84.9 Å². The molecule has 9 nitrogen and oxygen atoms in total. The SMILES string of the molecule is Cc1ccc(C(C)C(=O)Nc2nc3ccc(C#N)cc3s2)cc1.Cc1ccc(C(C)C(=O)O)cc1.N#Cc1ccc2nc(N)sc2c1. The highest BCUT2D eigenvalue weighted by Gasteiger charge is 2.17. The van der Waals surface area contributed by atoms with Gasteiger partial charge in [-0.2, -0.15) is 10.5 Å².